The minimum atomic E-state index is 0.503. The van der Waals surface area contributed by atoms with Gasteiger partial charge in [-0.25, -0.2) is 0 Å². The highest BCUT2D eigenvalue weighted by atomic mass is 32.2. The first kappa shape index (κ1) is 10.6. The molecule has 0 fully saturated rings. The third-order valence-electron chi connectivity index (χ3n) is 2.49. The second-order valence-corrected chi connectivity index (χ2v) is 4.81. The lowest BCUT2D eigenvalue weighted by atomic mass is 10.2. The second kappa shape index (κ2) is 4.71. The van der Waals surface area contributed by atoms with Gasteiger partial charge in [-0.15, -0.1) is 0 Å². The summed E-state index contributed by atoms with van der Waals surface area (Å²) in [5.41, 5.74) is 2.41. The summed E-state index contributed by atoms with van der Waals surface area (Å²) in [4.78, 5) is 4.59. The summed E-state index contributed by atoms with van der Waals surface area (Å²) in [6, 6.07) is 8.91. The van der Waals surface area contributed by atoms with Gasteiger partial charge in [-0.3, -0.25) is 4.99 Å². The van der Waals surface area contributed by atoms with E-state index in [2.05, 4.69) is 48.4 Å². The van der Waals surface area contributed by atoms with Gasteiger partial charge in [-0.1, -0.05) is 36.4 Å². The summed E-state index contributed by atoms with van der Waals surface area (Å²) in [5.74, 6) is 1.12. The molecule has 0 saturated carbocycles. The molecule has 0 unspecified atom stereocenters. The molecule has 3 heteroatoms. The molecule has 2 nitrogen and oxygen atoms in total. The zero-order chi connectivity index (χ0) is 10.7. The number of benzene rings is 1. The lowest BCUT2D eigenvalue weighted by molar-refractivity contribution is 0.738. The van der Waals surface area contributed by atoms with Crippen LogP contribution in [-0.4, -0.2) is 17.0 Å². The third-order valence-corrected chi connectivity index (χ3v) is 3.52. The molecule has 2 rings (SSSR count). The summed E-state index contributed by atoms with van der Waals surface area (Å²) < 4.78 is 0. The lowest BCUT2D eigenvalue weighted by Crippen LogP contribution is -2.05. The standard InChI is InChI=1S/C12H16N2S/c1-3-10-8-15-12(13-10)14-11-6-4-9(2)5-7-11/h4-7,10H,3,8H2,1-2H3,(H,13,14)/t10-/m1/s1. The number of rotatable bonds is 2. The summed E-state index contributed by atoms with van der Waals surface area (Å²) in [6.45, 7) is 4.28. The molecule has 0 aliphatic carbocycles. The molecule has 15 heavy (non-hydrogen) atoms. The van der Waals surface area contributed by atoms with Gasteiger partial charge in [0, 0.05) is 11.4 Å². The molecular weight excluding hydrogens is 204 g/mol. The Bertz CT molecular complexity index is 356. The van der Waals surface area contributed by atoms with Gasteiger partial charge in [0.25, 0.3) is 0 Å². The Morgan fingerprint density at radius 2 is 2.13 bits per heavy atom. The number of aryl methyl sites for hydroxylation is 1. The molecule has 1 atom stereocenters. The van der Waals surface area contributed by atoms with E-state index in [1.54, 1.807) is 0 Å². The van der Waals surface area contributed by atoms with Crippen LogP contribution in [0.25, 0.3) is 0 Å². The Hall–Kier alpha value is -0.960. The minimum Gasteiger partial charge on any atom is -0.335 e. The highest BCUT2D eigenvalue weighted by molar-refractivity contribution is 8.14. The fourth-order valence-corrected chi connectivity index (χ4v) is 2.53. The van der Waals surface area contributed by atoms with Gasteiger partial charge in [0.15, 0.2) is 5.17 Å². The van der Waals surface area contributed by atoms with Crippen molar-refractivity contribution in [1.29, 1.82) is 0 Å². The maximum Gasteiger partial charge on any atom is 0.161 e. The van der Waals surface area contributed by atoms with E-state index in [4.69, 9.17) is 0 Å². The molecule has 0 amide bonds. The van der Waals surface area contributed by atoms with Gasteiger partial charge < -0.3 is 5.32 Å². The van der Waals surface area contributed by atoms with Crippen molar-refractivity contribution < 1.29 is 0 Å². The molecule has 1 aromatic rings. The lowest BCUT2D eigenvalue weighted by Gasteiger charge is -2.04. The van der Waals surface area contributed by atoms with Crippen molar-refractivity contribution in [2.45, 2.75) is 26.3 Å². The molecule has 0 aromatic heterocycles. The third kappa shape index (κ3) is 2.75. The Kier molecular flexibility index (Phi) is 3.31. The van der Waals surface area contributed by atoms with Gasteiger partial charge in [0.1, 0.15) is 0 Å². The maximum absolute atomic E-state index is 4.59. The maximum atomic E-state index is 4.59. The van der Waals surface area contributed by atoms with Gasteiger partial charge in [-0.05, 0) is 25.5 Å². The zero-order valence-electron chi connectivity index (χ0n) is 9.16. The first-order valence-corrected chi connectivity index (χ1v) is 6.31. The van der Waals surface area contributed by atoms with Gasteiger partial charge in [0.2, 0.25) is 0 Å². The van der Waals surface area contributed by atoms with E-state index in [9.17, 15) is 0 Å². The second-order valence-electron chi connectivity index (χ2n) is 3.80. The average Bonchev–Trinajstić information content (AvgIpc) is 2.69. The normalized spacial score (nSPS) is 20.1. The highest BCUT2D eigenvalue weighted by Crippen LogP contribution is 2.21. The topological polar surface area (TPSA) is 24.4 Å². The number of hydrogen-bond acceptors (Lipinski definition) is 3. The number of thioether (sulfide) groups is 1. The molecular formula is C12H16N2S. The van der Waals surface area contributed by atoms with Crippen LogP contribution in [0.5, 0.6) is 0 Å². The number of hydrogen-bond donors (Lipinski definition) is 1. The summed E-state index contributed by atoms with van der Waals surface area (Å²) in [5, 5.41) is 4.41. The number of amidine groups is 1. The molecule has 1 aliphatic heterocycles. The summed E-state index contributed by atoms with van der Waals surface area (Å²) in [6.07, 6.45) is 1.13. The number of nitrogens with one attached hydrogen (secondary N) is 1. The Morgan fingerprint density at radius 3 is 2.73 bits per heavy atom. The van der Waals surface area contributed by atoms with Crippen molar-refractivity contribution in [3.05, 3.63) is 29.8 Å². The molecule has 80 valence electrons. The van der Waals surface area contributed by atoms with E-state index < -0.39 is 0 Å². The van der Waals surface area contributed by atoms with Crippen molar-refractivity contribution in [3.8, 4) is 0 Å². The molecule has 0 saturated heterocycles. The largest absolute Gasteiger partial charge is 0.335 e. The van der Waals surface area contributed by atoms with E-state index in [0.717, 1.165) is 23.0 Å². The number of anilines is 1. The molecule has 0 spiro atoms. The minimum absolute atomic E-state index is 0.503. The molecule has 0 radical (unpaired) electrons. The van der Waals surface area contributed by atoms with Crippen molar-refractivity contribution in [2.75, 3.05) is 11.1 Å². The number of aliphatic imine (C=N–C) groups is 1. The van der Waals surface area contributed by atoms with Crippen LogP contribution in [0, 0.1) is 6.92 Å². The van der Waals surface area contributed by atoms with Crippen LogP contribution >= 0.6 is 11.8 Å². The van der Waals surface area contributed by atoms with Gasteiger partial charge in [0.05, 0.1) is 6.04 Å². The van der Waals surface area contributed by atoms with E-state index >= 15 is 0 Å². The molecule has 1 N–H and O–H groups in total. The van der Waals surface area contributed by atoms with Crippen molar-refractivity contribution >= 4 is 22.6 Å². The van der Waals surface area contributed by atoms with Gasteiger partial charge in [-0.2, -0.15) is 0 Å². The zero-order valence-corrected chi connectivity index (χ0v) is 9.97. The van der Waals surface area contributed by atoms with Gasteiger partial charge >= 0.3 is 0 Å². The first-order valence-electron chi connectivity index (χ1n) is 5.32. The Morgan fingerprint density at radius 1 is 1.40 bits per heavy atom. The predicted octanol–water partition coefficient (Wildman–Crippen LogP) is 3.29. The average molecular weight is 220 g/mol. The Labute approximate surface area is 95.2 Å². The smallest absolute Gasteiger partial charge is 0.161 e. The fourth-order valence-electron chi connectivity index (χ4n) is 1.45. The van der Waals surface area contributed by atoms with E-state index in [1.165, 1.54) is 5.56 Å². The van der Waals surface area contributed by atoms with Crippen molar-refractivity contribution in [3.63, 3.8) is 0 Å². The SMILES string of the molecule is CC[C@@H]1CSC(Nc2ccc(C)cc2)=N1. The molecule has 1 aliphatic rings. The number of nitrogens with zero attached hydrogens (tertiary/aromatic N) is 1. The van der Waals surface area contributed by atoms with Crippen LogP contribution in [0.4, 0.5) is 5.69 Å². The predicted molar refractivity (Wildman–Crippen MR) is 68.8 cm³/mol. The van der Waals surface area contributed by atoms with Crippen LogP contribution in [0.1, 0.15) is 18.9 Å². The van der Waals surface area contributed by atoms with E-state index in [1.807, 2.05) is 11.8 Å². The van der Waals surface area contributed by atoms with Crippen LogP contribution < -0.4 is 5.32 Å². The molecule has 0 bridgehead atoms. The molecule has 1 aromatic carbocycles. The van der Waals surface area contributed by atoms with Crippen LogP contribution in [-0.2, 0) is 0 Å². The van der Waals surface area contributed by atoms with Crippen LogP contribution in [0.15, 0.2) is 29.3 Å². The van der Waals surface area contributed by atoms with E-state index in [-0.39, 0.29) is 0 Å². The van der Waals surface area contributed by atoms with Crippen molar-refractivity contribution in [2.24, 2.45) is 4.99 Å². The van der Waals surface area contributed by atoms with Crippen LogP contribution in [0.2, 0.25) is 0 Å². The molecule has 1 heterocycles. The summed E-state index contributed by atoms with van der Waals surface area (Å²) in [7, 11) is 0. The highest BCUT2D eigenvalue weighted by Gasteiger charge is 2.15. The van der Waals surface area contributed by atoms with Crippen molar-refractivity contribution in [1.82, 2.24) is 0 Å². The van der Waals surface area contributed by atoms with Crippen LogP contribution in [0.3, 0.4) is 0 Å². The monoisotopic (exact) mass is 220 g/mol. The quantitative estimate of drug-likeness (QED) is 0.827. The van der Waals surface area contributed by atoms with E-state index in [0.29, 0.717) is 6.04 Å². The summed E-state index contributed by atoms with van der Waals surface area (Å²) >= 11 is 1.81. The first-order chi connectivity index (χ1) is 7.28. The Balaban J connectivity index is 2.00. The fraction of sp³-hybridized carbons (Fsp3) is 0.417.